The summed E-state index contributed by atoms with van der Waals surface area (Å²) in [6.07, 6.45) is 7.20. The fourth-order valence-electron chi connectivity index (χ4n) is 4.94. The third kappa shape index (κ3) is 9.92. The highest BCUT2D eigenvalue weighted by Gasteiger charge is 2.30. The van der Waals surface area contributed by atoms with Crippen molar-refractivity contribution in [1.29, 1.82) is 0 Å². The Labute approximate surface area is 237 Å². The molecule has 0 bridgehead atoms. The van der Waals surface area contributed by atoms with Gasteiger partial charge in [-0.1, -0.05) is 32.9 Å². The second-order valence-corrected chi connectivity index (χ2v) is 12.3. The first kappa shape index (κ1) is 31.1. The molecule has 1 saturated heterocycles. The van der Waals surface area contributed by atoms with Gasteiger partial charge in [0.25, 0.3) is 0 Å². The molecule has 0 radical (unpaired) electrons. The molecule has 2 aromatic rings. The summed E-state index contributed by atoms with van der Waals surface area (Å²) in [5, 5.41) is 4.14. The Balaban J connectivity index is 1.74. The first-order valence-electron chi connectivity index (χ1n) is 14.3. The van der Waals surface area contributed by atoms with Crippen LogP contribution in [0.25, 0.3) is 10.2 Å². The molecule has 1 aliphatic rings. The van der Waals surface area contributed by atoms with Crippen LogP contribution < -0.4 is 5.32 Å². The van der Waals surface area contributed by atoms with Gasteiger partial charge in [0.1, 0.15) is 5.78 Å². The van der Waals surface area contributed by atoms with Gasteiger partial charge < -0.3 is 15.0 Å². The number of aromatic nitrogens is 1. The van der Waals surface area contributed by atoms with Crippen molar-refractivity contribution >= 4 is 39.0 Å². The fourth-order valence-corrected chi connectivity index (χ4v) is 6.04. The van der Waals surface area contributed by atoms with E-state index in [9.17, 15) is 14.4 Å². The van der Waals surface area contributed by atoms with E-state index in [1.54, 1.807) is 17.4 Å². The predicted molar refractivity (Wildman–Crippen MR) is 158 cm³/mol. The van der Waals surface area contributed by atoms with Crippen LogP contribution in [-0.4, -0.2) is 67.3 Å². The number of rotatable bonds is 15. The number of likely N-dealkylation sites (N-methyl/N-ethyl adjacent to an activating group) is 1. The van der Waals surface area contributed by atoms with E-state index in [2.05, 4.69) is 31.3 Å². The lowest BCUT2D eigenvalue weighted by Crippen LogP contribution is -2.45. The number of nitrogens with zero attached hydrogens (tertiary/aromatic N) is 2. The van der Waals surface area contributed by atoms with Gasteiger partial charge in [0.2, 0.25) is 5.91 Å². The quantitative estimate of drug-likeness (QED) is 0.299. The normalized spacial score (nSPS) is 16.3. The highest BCUT2D eigenvalue weighted by atomic mass is 32.1. The summed E-state index contributed by atoms with van der Waals surface area (Å²) in [7, 11) is 3.92. The average Bonchev–Trinajstić information content (AvgIpc) is 3.32. The lowest BCUT2D eigenvalue weighted by atomic mass is 9.87. The minimum atomic E-state index is -0.486. The molecule has 2 atom stereocenters. The monoisotopic (exact) mass is 555 g/mol. The Hall–Kier alpha value is -2.42. The van der Waals surface area contributed by atoms with Crippen molar-refractivity contribution in [3.8, 4) is 0 Å². The minimum Gasteiger partial charge on any atom is -0.381 e. The van der Waals surface area contributed by atoms with Crippen molar-refractivity contribution in [3.05, 3.63) is 40.9 Å². The van der Waals surface area contributed by atoms with Gasteiger partial charge in [-0.2, -0.15) is 0 Å². The molecular weight excluding hydrogens is 510 g/mol. The molecule has 0 saturated carbocycles. The summed E-state index contributed by atoms with van der Waals surface area (Å²) in [6.45, 7) is 8.21. The summed E-state index contributed by atoms with van der Waals surface area (Å²) >= 11 is 1.61. The number of carbonyl (C=O) groups excluding carboxylic acids is 3. The number of benzene rings is 1. The SMILES string of the molecule is CCC(=O)C[C@@H](Cc1nc2ccc(C(C)C)cc2s1)C(=O)N[C@H](CCC(=O)/C=C/CN(C)C)C1CCOCC1. The first-order chi connectivity index (χ1) is 18.7. The molecule has 0 unspecified atom stereocenters. The zero-order valence-corrected chi connectivity index (χ0v) is 25.0. The van der Waals surface area contributed by atoms with E-state index < -0.39 is 5.92 Å². The van der Waals surface area contributed by atoms with Crippen LogP contribution in [0.2, 0.25) is 0 Å². The maximum atomic E-state index is 13.7. The molecule has 3 rings (SSSR count). The number of hydrogen-bond donors (Lipinski definition) is 1. The molecule has 1 fully saturated rings. The third-order valence-corrected chi connectivity index (χ3v) is 8.46. The standard InChI is InChI=1S/C31H45N3O4S/c1-6-25(35)18-24(20-30-32-28-11-9-23(21(2)3)19-29(28)39-30)31(37)33-27(22-13-16-38-17-14-22)12-10-26(36)8-7-15-34(4)5/h7-9,11,19,21-22,24,27H,6,10,12-18,20H2,1-5H3,(H,33,37)/b8-7+/t24-,27+/m0/s1. The Bertz CT molecular complexity index is 1130. The van der Waals surface area contributed by atoms with E-state index in [1.807, 2.05) is 38.1 Å². The van der Waals surface area contributed by atoms with Crippen LogP contribution in [0.3, 0.4) is 0 Å². The van der Waals surface area contributed by atoms with Gasteiger partial charge in [0, 0.05) is 51.5 Å². The maximum absolute atomic E-state index is 13.7. The van der Waals surface area contributed by atoms with Crippen LogP contribution in [0.4, 0.5) is 0 Å². The molecule has 1 aliphatic heterocycles. The van der Waals surface area contributed by atoms with Crippen LogP contribution in [0.15, 0.2) is 30.4 Å². The lowest BCUT2D eigenvalue weighted by molar-refractivity contribution is -0.130. The van der Waals surface area contributed by atoms with Gasteiger partial charge in [0.05, 0.1) is 21.1 Å². The topological polar surface area (TPSA) is 88.6 Å². The molecule has 1 N–H and O–H groups in total. The zero-order chi connectivity index (χ0) is 28.4. The molecule has 2 heterocycles. The van der Waals surface area contributed by atoms with Crippen molar-refractivity contribution in [2.45, 2.75) is 77.7 Å². The second-order valence-electron chi connectivity index (χ2n) is 11.2. The van der Waals surface area contributed by atoms with Crippen LogP contribution in [-0.2, 0) is 25.5 Å². The summed E-state index contributed by atoms with van der Waals surface area (Å²) < 4.78 is 6.66. The van der Waals surface area contributed by atoms with Crippen molar-refractivity contribution < 1.29 is 19.1 Å². The summed E-state index contributed by atoms with van der Waals surface area (Å²) in [4.78, 5) is 45.5. The van der Waals surface area contributed by atoms with Crippen LogP contribution in [0, 0.1) is 11.8 Å². The van der Waals surface area contributed by atoms with E-state index in [4.69, 9.17) is 9.72 Å². The average molecular weight is 556 g/mol. The zero-order valence-electron chi connectivity index (χ0n) is 24.2. The number of allylic oxidation sites excluding steroid dienone is 1. The van der Waals surface area contributed by atoms with Crippen molar-refractivity contribution in [2.24, 2.45) is 11.8 Å². The highest BCUT2D eigenvalue weighted by Crippen LogP contribution is 2.29. The van der Waals surface area contributed by atoms with Gasteiger partial charge in [0.15, 0.2) is 5.78 Å². The van der Waals surface area contributed by atoms with Crippen LogP contribution >= 0.6 is 11.3 Å². The van der Waals surface area contributed by atoms with Crippen molar-refractivity contribution in [1.82, 2.24) is 15.2 Å². The molecule has 0 spiro atoms. The number of carbonyl (C=O) groups is 3. The van der Waals surface area contributed by atoms with Crippen molar-refractivity contribution in [2.75, 3.05) is 33.9 Å². The number of Topliss-reactive ketones (excluding diaryl/α,β-unsaturated/α-hetero) is 1. The summed E-state index contributed by atoms with van der Waals surface area (Å²) in [5.41, 5.74) is 2.19. The van der Waals surface area contributed by atoms with Crippen molar-refractivity contribution in [3.63, 3.8) is 0 Å². The molecule has 8 heteroatoms. The van der Waals surface area contributed by atoms with Gasteiger partial charge in [-0.3, -0.25) is 14.4 Å². The first-order valence-corrected chi connectivity index (χ1v) is 15.1. The van der Waals surface area contributed by atoms with Gasteiger partial charge in [-0.25, -0.2) is 4.98 Å². The summed E-state index contributed by atoms with van der Waals surface area (Å²) in [5.74, 6) is 0.212. The number of nitrogens with one attached hydrogen (secondary N) is 1. The van der Waals surface area contributed by atoms with E-state index in [0.717, 1.165) is 28.1 Å². The number of thiazole rings is 1. The highest BCUT2D eigenvalue weighted by molar-refractivity contribution is 7.18. The van der Waals surface area contributed by atoms with Gasteiger partial charge >= 0.3 is 0 Å². The molecular formula is C31H45N3O4S. The molecule has 214 valence electrons. The Morgan fingerprint density at radius 1 is 1.21 bits per heavy atom. The minimum absolute atomic E-state index is 0.0658. The number of ether oxygens (including phenoxy) is 1. The summed E-state index contributed by atoms with van der Waals surface area (Å²) in [6, 6.07) is 6.20. The largest absolute Gasteiger partial charge is 0.381 e. The number of ketones is 2. The molecule has 0 aliphatic carbocycles. The van der Waals surface area contributed by atoms with E-state index in [1.165, 1.54) is 5.56 Å². The van der Waals surface area contributed by atoms with E-state index in [0.29, 0.717) is 51.4 Å². The molecule has 39 heavy (non-hydrogen) atoms. The van der Waals surface area contributed by atoms with E-state index >= 15 is 0 Å². The number of fused-ring (bicyclic) bond motifs is 1. The fraction of sp³-hybridized carbons (Fsp3) is 0.613. The smallest absolute Gasteiger partial charge is 0.224 e. The molecule has 1 amide bonds. The molecule has 1 aromatic carbocycles. The van der Waals surface area contributed by atoms with Gasteiger partial charge in [-0.05, 0) is 69.0 Å². The second kappa shape index (κ2) is 15.4. The number of amides is 1. The Morgan fingerprint density at radius 2 is 1.95 bits per heavy atom. The van der Waals surface area contributed by atoms with Crippen LogP contribution in [0.1, 0.15) is 75.8 Å². The lowest BCUT2D eigenvalue weighted by Gasteiger charge is -2.32. The number of hydrogen-bond acceptors (Lipinski definition) is 7. The Kier molecular flexibility index (Phi) is 12.3. The van der Waals surface area contributed by atoms with E-state index in [-0.39, 0.29) is 35.9 Å². The maximum Gasteiger partial charge on any atom is 0.224 e. The predicted octanol–water partition coefficient (Wildman–Crippen LogP) is 5.33. The van der Waals surface area contributed by atoms with Gasteiger partial charge in [-0.15, -0.1) is 11.3 Å². The Morgan fingerprint density at radius 3 is 2.62 bits per heavy atom. The molecule has 7 nitrogen and oxygen atoms in total. The van der Waals surface area contributed by atoms with Crippen LogP contribution in [0.5, 0.6) is 0 Å². The molecule has 1 aromatic heterocycles. The third-order valence-electron chi connectivity index (χ3n) is 7.42.